The van der Waals surface area contributed by atoms with Crippen LogP contribution in [0.3, 0.4) is 0 Å². The number of amides is 1. The number of hydrogen-bond acceptors (Lipinski definition) is 1. The second kappa shape index (κ2) is 6.29. The summed E-state index contributed by atoms with van der Waals surface area (Å²) in [6, 6.07) is 18.4. The van der Waals surface area contributed by atoms with Crippen LogP contribution in [0.1, 0.15) is 35.5 Å². The maximum atomic E-state index is 12.9. The molecule has 1 amide bonds. The van der Waals surface area contributed by atoms with Gasteiger partial charge in [-0.3, -0.25) is 4.79 Å². The Labute approximate surface area is 136 Å². The number of carbonyl (C=O) groups excluding carboxylic acids is 1. The summed E-state index contributed by atoms with van der Waals surface area (Å²) >= 11 is 0. The highest BCUT2D eigenvalue weighted by molar-refractivity contribution is 5.98. The third-order valence-corrected chi connectivity index (χ3v) is 4.09. The average molecular weight is 306 g/mol. The molecule has 3 rings (SSSR count). The number of aryl methyl sites for hydroxylation is 1. The molecule has 0 saturated heterocycles. The number of aromatic nitrogens is 1. The molecule has 118 valence electrons. The Morgan fingerprint density at radius 1 is 1.09 bits per heavy atom. The molecule has 3 nitrogen and oxygen atoms in total. The van der Waals surface area contributed by atoms with Crippen molar-refractivity contribution < 1.29 is 4.79 Å². The van der Waals surface area contributed by atoms with E-state index in [1.807, 2.05) is 43.0 Å². The minimum Gasteiger partial charge on any atom is -0.351 e. The lowest BCUT2D eigenvalue weighted by atomic mass is 10.1. The van der Waals surface area contributed by atoms with Gasteiger partial charge in [0.25, 0.3) is 5.91 Å². The Balaban J connectivity index is 1.90. The van der Waals surface area contributed by atoms with E-state index in [2.05, 4.69) is 42.2 Å². The lowest BCUT2D eigenvalue weighted by molar-refractivity contribution is 0.0685. The summed E-state index contributed by atoms with van der Waals surface area (Å²) in [5.74, 6) is 0.0395. The number of benzene rings is 2. The van der Waals surface area contributed by atoms with E-state index in [1.54, 1.807) is 0 Å². The van der Waals surface area contributed by atoms with E-state index in [0.29, 0.717) is 12.2 Å². The van der Waals surface area contributed by atoms with Gasteiger partial charge in [-0.1, -0.05) is 42.5 Å². The predicted octanol–water partition coefficient (Wildman–Crippen LogP) is 4.53. The summed E-state index contributed by atoms with van der Waals surface area (Å²) in [6.45, 7) is 6.77. The molecule has 0 bridgehead atoms. The monoisotopic (exact) mass is 306 g/mol. The van der Waals surface area contributed by atoms with Gasteiger partial charge in [-0.15, -0.1) is 0 Å². The van der Waals surface area contributed by atoms with Crippen LogP contribution in [0.25, 0.3) is 10.9 Å². The fourth-order valence-corrected chi connectivity index (χ4v) is 2.78. The van der Waals surface area contributed by atoms with Crippen LogP contribution in [0.2, 0.25) is 0 Å². The Hall–Kier alpha value is -2.55. The van der Waals surface area contributed by atoms with Crippen molar-refractivity contribution in [3.05, 3.63) is 71.4 Å². The molecule has 2 aromatic carbocycles. The topological polar surface area (TPSA) is 36.1 Å². The molecule has 0 aliphatic rings. The molecule has 1 aromatic heterocycles. The van der Waals surface area contributed by atoms with Crippen LogP contribution in [0.4, 0.5) is 0 Å². The van der Waals surface area contributed by atoms with Gasteiger partial charge in [0.15, 0.2) is 0 Å². The molecule has 3 aromatic rings. The van der Waals surface area contributed by atoms with Crippen molar-refractivity contribution in [1.29, 1.82) is 0 Å². The maximum absolute atomic E-state index is 12.9. The highest BCUT2D eigenvalue weighted by Gasteiger charge is 2.20. The van der Waals surface area contributed by atoms with Gasteiger partial charge in [0.05, 0.1) is 0 Å². The highest BCUT2D eigenvalue weighted by Crippen LogP contribution is 2.19. The Bertz CT molecular complexity index is 818. The van der Waals surface area contributed by atoms with Crippen LogP contribution < -0.4 is 0 Å². The van der Waals surface area contributed by atoms with E-state index >= 15 is 0 Å². The second-order valence-corrected chi connectivity index (χ2v) is 6.29. The van der Waals surface area contributed by atoms with Gasteiger partial charge in [0.2, 0.25) is 0 Å². The van der Waals surface area contributed by atoms with Gasteiger partial charge in [-0.25, -0.2) is 0 Å². The molecule has 0 fully saturated rings. The van der Waals surface area contributed by atoms with E-state index in [9.17, 15) is 4.79 Å². The Morgan fingerprint density at radius 2 is 1.83 bits per heavy atom. The van der Waals surface area contributed by atoms with E-state index in [-0.39, 0.29) is 11.9 Å². The zero-order valence-corrected chi connectivity index (χ0v) is 13.8. The molecule has 1 N–H and O–H groups in total. The van der Waals surface area contributed by atoms with Gasteiger partial charge >= 0.3 is 0 Å². The van der Waals surface area contributed by atoms with Crippen molar-refractivity contribution in [3.8, 4) is 0 Å². The minimum atomic E-state index is 0.0395. The first kappa shape index (κ1) is 15.3. The standard InChI is InChI=1S/C20H22N2O/c1-14(2)22(13-16-7-5-4-6-8-16)20(23)19-12-17-10-9-15(3)11-18(17)21-19/h4-12,14,21H,13H2,1-3H3. The third-order valence-electron chi connectivity index (χ3n) is 4.09. The summed E-state index contributed by atoms with van der Waals surface area (Å²) in [5.41, 5.74) is 3.98. The van der Waals surface area contributed by atoms with Crippen LogP contribution >= 0.6 is 0 Å². The van der Waals surface area contributed by atoms with Crippen molar-refractivity contribution in [1.82, 2.24) is 9.88 Å². The van der Waals surface area contributed by atoms with Crippen LogP contribution in [0.15, 0.2) is 54.6 Å². The minimum absolute atomic E-state index is 0.0395. The molecule has 0 saturated carbocycles. The van der Waals surface area contributed by atoms with Gasteiger partial charge < -0.3 is 9.88 Å². The zero-order valence-electron chi connectivity index (χ0n) is 13.8. The molecule has 0 aliphatic carbocycles. The molecule has 0 unspecified atom stereocenters. The molecular formula is C20H22N2O. The summed E-state index contributed by atoms with van der Waals surface area (Å²) in [6.07, 6.45) is 0. The summed E-state index contributed by atoms with van der Waals surface area (Å²) in [4.78, 5) is 18.1. The number of carbonyl (C=O) groups is 1. The number of fused-ring (bicyclic) bond motifs is 1. The first-order valence-corrected chi connectivity index (χ1v) is 7.99. The molecule has 0 radical (unpaired) electrons. The molecular weight excluding hydrogens is 284 g/mol. The third kappa shape index (κ3) is 3.29. The molecule has 1 heterocycles. The number of nitrogens with zero attached hydrogens (tertiary/aromatic N) is 1. The summed E-state index contributed by atoms with van der Waals surface area (Å²) < 4.78 is 0. The Morgan fingerprint density at radius 3 is 2.52 bits per heavy atom. The largest absolute Gasteiger partial charge is 0.351 e. The molecule has 0 atom stereocenters. The van der Waals surface area contributed by atoms with Gasteiger partial charge in [0, 0.05) is 23.5 Å². The quantitative estimate of drug-likeness (QED) is 0.755. The smallest absolute Gasteiger partial charge is 0.270 e. The van der Waals surface area contributed by atoms with Crippen LogP contribution in [-0.2, 0) is 6.54 Å². The van der Waals surface area contributed by atoms with Gasteiger partial charge in [-0.2, -0.15) is 0 Å². The SMILES string of the molecule is Cc1ccc2cc(C(=O)N(Cc3ccccc3)C(C)C)[nH]c2c1. The van der Waals surface area contributed by atoms with Crippen molar-refractivity contribution in [2.75, 3.05) is 0 Å². The summed E-state index contributed by atoms with van der Waals surface area (Å²) in [7, 11) is 0. The molecule has 3 heteroatoms. The summed E-state index contributed by atoms with van der Waals surface area (Å²) in [5, 5.41) is 1.07. The van der Waals surface area contributed by atoms with Crippen molar-refractivity contribution in [3.63, 3.8) is 0 Å². The molecule has 0 aliphatic heterocycles. The fourth-order valence-electron chi connectivity index (χ4n) is 2.78. The number of aromatic amines is 1. The number of H-pyrrole nitrogens is 1. The van der Waals surface area contributed by atoms with Crippen molar-refractivity contribution >= 4 is 16.8 Å². The predicted molar refractivity (Wildman–Crippen MR) is 94.5 cm³/mol. The second-order valence-electron chi connectivity index (χ2n) is 6.29. The highest BCUT2D eigenvalue weighted by atomic mass is 16.2. The average Bonchev–Trinajstić information content (AvgIpc) is 2.95. The lowest BCUT2D eigenvalue weighted by Crippen LogP contribution is -2.36. The normalized spacial score (nSPS) is 11.1. The number of hydrogen-bond donors (Lipinski definition) is 1. The number of rotatable bonds is 4. The van der Waals surface area contributed by atoms with Gasteiger partial charge in [-0.05, 0) is 44.0 Å². The van der Waals surface area contributed by atoms with Crippen LogP contribution in [-0.4, -0.2) is 21.8 Å². The van der Waals surface area contributed by atoms with E-state index < -0.39 is 0 Å². The van der Waals surface area contributed by atoms with Crippen LogP contribution in [0.5, 0.6) is 0 Å². The fraction of sp³-hybridized carbons (Fsp3) is 0.250. The van der Waals surface area contributed by atoms with Crippen molar-refractivity contribution in [2.45, 2.75) is 33.4 Å². The zero-order chi connectivity index (χ0) is 16.4. The first-order valence-electron chi connectivity index (χ1n) is 7.99. The number of nitrogens with one attached hydrogen (secondary N) is 1. The van der Waals surface area contributed by atoms with Gasteiger partial charge in [0.1, 0.15) is 5.69 Å². The molecule has 23 heavy (non-hydrogen) atoms. The van der Waals surface area contributed by atoms with E-state index in [1.165, 1.54) is 5.56 Å². The van der Waals surface area contributed by atoms with E-state index in [0.717, 1.165) is 16.5 Å². The van der Waals surface area contributed by atoms with Crippen LogP contribution in [0, 0.1) is 6.92 Å². The van der Waals surface area contributed by atoms with Crippen molar-refractivity contribution in [2.24, 2.45) is 0 Å². The first-order chi connectivity index (χ1) is 11.0. The Kier molecular flexibility index (Phi) is 4.20. The van der Waals surface area contributed by atoms with E-state index in [4.69, 9.17) is 0 Å². The lowest BCUT2D eigenvalue weighted by Gasteiger charge is -2.26. The maximum Gasteiger partial charge on any atom is 0.270 e. The molecule has 0 spiro atoms.